The Kier molecular flexibility index (Phi) is 10.8. The van der Waals surface area contributed by atoms with Crippen LogP contribution in [0.3, 0.4) is 0 Å². The van der Waals surface area contributed by atoms with Crippen molar-refractivity contribution in [2.75, 3.05) is 34.3 Å². The van der Waals surface area contributed by atoms with E-state index in [4.69, 9.17) is 4.74 Å². The van der Waals surface area contributed by atoms with Crippen LogP contribution in [-0.4, -0.2) is 79.0 Å². The number of nitro benzene ring substituents is 1. The largest absolute Gasteiger partial charge is 0.496 e. The number of amides is 2. The van der Waals surface area contributed by atoms with Gasteiger partial charge in [-0.25, -0.2) is 0 Å². The van der Waals surface area contributed by atoms with Crippen LogP contribution >= 0.6 is 0 Å². The molecule has 3 saturated carbocycles. The van der Waals surface area contributed by atoms with E-state index in [1.807, 2.05) is 67.5 Å². The van der Waals surface area contributed by atoms with Crippen molar-refractivity contribution in [3.63, 3.8) is 0 Å². The van der Waals surface area contributed by atoms with Crippen molar-refractivity contribution in [1.29, 1.82) is 0 Å². The molecule has 272 valence electrons. The number of likely N-dealkylation sites (N-methyl/N-ethyl adjacent to an activating group) is 1. The maximum absolute atomic E-state index is 13.7. The number of benzene rings is 3. The van der Waals surface area contributed by atoms with E-state index in [9.17, 15) is 19.7 Å². The lowest BCUT2D eigenvalue weighted by atomic mass is 9.45. The van der Waals surface area contributed by atoms with Crippen molar-refractivity contribution in [3.8, 4) is 16.9 Å². The minimum Gasteiger partial charge on any atom is -0.496 e. The molecular formula is C41H53N5O5. The fourth-order valence-electron chi connectivity index (χ4n) is 9.10. The molecule has 3 aromatic carbocycles. The maximum atomic E-state index is 13.7. The Morgan fingerprint density at radius 1 is 1.08 bits per heavy atom. The van der Waals surface area contributed by atoms with Crippen LogP contribution in [0.2, 0.25) is 0 Å². The molecule has 0 radical (unpaired) electrons. The molecule has 1 aliphatic heterocycles. The molecule has 7 rings (SSSR count). The van der Waals surface area contributed by atoms with Crippen LogP contribution in [0.15, 0.2) is 66.7 Å². The number of methoxy groups -OCH3 is 1. The molecule has 2 N–H and O–H groups in total. The second-order valence-electron chi connectivity index (χ2n) is 15.8. The van der Waals surface area contributed by atoms with E-state index >= 15 is 0 Å². The number of non-ortho nitro benzene ring substituents is 1. The lowest BCUT2D eigenvalue weighted by Gasteiger charge is -2.62. The number of nitro groups is 1. The SMILES string of the molecule is COc1c(CN2CCC[C@@H]2C(=O)N[C@H]2C[C@H]3C[C@@H]([C@@H]2C)C3(C)C)cccc1-c1cc(C(=O)N[C@@H](Cc2ccccc2)CN(C)C)cc([N+](=O)[O-])c1. The Hall–Kier alpha value is -4.28. The van der Waals surface area contributed by atoms with Gasteiger partial charge in [-0.15, -0.1) is 0 Å². The number of fused-ring (bicyclic) bond motifs is 2. The van der Waals surface area contributed by atoms with Crippen LogP contribution < -0.4 is 15.4 Å². The molecule has 51 heavy (non-hydrogen) atoms. The third kappa shape index (κ3) is 7.82. The molecule has 10 heteroatoms. The molecule has 6 atom stereocenters. The highest BCUT2D eigenvalue weighted by Crippen LogP contribution is 2.61. The second kappa shape index (κ2) is 15.1. The van der Waals surface area contributed by atoms with Crippen molar-refractivity contribution in [2.24, 2.45) is 23.2 Å². The van der Waals surface area contributed by atoms with Crippen molar-refractivity contribution in [2.45, 2.75) is 77.5 Å². The van der Waals surface area contributed by atoms with Crippen molar-refractivity contribution in [1.82, 2.24) is 20.4 Å². The average Bonchev–Trinajstić information content (AvgIpc) is 3.57. The van der Waals surface area contributed by atoms with E-state index in [0.29, 0.717) is 59.6 Å². The molecular weight excluding hydrogens is 642 g/mol. The van der Waals surface area contributed by atoms with Gasteiger partial charge >= 0.3 is 0 Å². The average molecular weight is 696 g/mol. The van der Waals surface area contributed by atoms with Gasteiger partial charge in [-0.05, 0) is 93.1 Å². The molecule has 10 nitrogen and oxygen atoms in total. The van der Waals surface area contributed by atoms with Crippen LogP contribution in [0, 0.1) is 33.3 Å². The second-order valence-corrected chi connectivity index (χ2v) is 15.8. The number of carbonyl (C=O) groups is 2. The summed E-state index contributed by atoms with van der Waals surface area (Å²) >= 11 is 0. The molecule has 0 aromatic heterocycles. The van der Waals surface area contributed by atoms with Crippen molar-refractivity contribution >= 4 is 17.5 Å². The van der Waals surface area contributed by atoms with Crippen LogP contribution in [0.4, 0.5) is 5.69 Å². The molecule has 4 aliphatic rings. The van der Waals surface area contributed by atoms with E-state index in [0.717, 1.165) is 36.9 Å². The topological polar surface area (TPSA) is 117 Å². The summed E-state index contributed by atoms with van der Waals surface area (Å²) < 4.78 is 5.98. The number of hydrogen-bond acceptors (Lipinski definition) is 7. The van der Waals surface area contributed by atoms with Crippen molar-refractivity contribution in [3.05, 3.63) is 93.5 Å². The molecule has 1 heterocycles. The normalized spacial score (nSPS) is 24.4. The molecule has 2 amide bonds. The highest BCUT2D eigenvalue weighted by Gasteiger charge is 2.56. The number of carbonyl (C=O) groups excluding carboxylic acids is 2. The summed E-state index contributed by atoms with van der Waals surface area (Å²) in [6.45, 7) is 8.94. The van der Waals surface area contributed by atoms with Gasteiger partial charge in [0.05, 0.1) is 18.1 Å². The first kappa shape index (κ1) is 36.5. The first-order chi connectivity index (χ1) is 24.3. The molecule has 0 unspecified atom stereocenters. The zero-order valence-corrected chi connectivity index (χ0v) is 30.9. The zero-order valence-electron chi connectivity index (χ0n) is 30.9. The predicted octanol–water partition coefficient (Wildman–Crippen LogP) is 6.32. The van der Waals surface area contributed by atoms with E-state index in [1.54, 1.807) is 13.2 Å². The Labute approximate surface area is 302 Å². The van der Waals surface area contributed by atoms with E-state index in [2.05, 4.69) is 36.3 Å². The molecule has 0 spiro atoms. The summed E-state index contributed by atoms with van der Waals surface area (Å²) in [5, 5.41) is 18.7. The predicted molar refractivity (Wildman–Crippen MR) is 200 cm³/mol. The molecule has 3 aromatic rings. The van der Waals surface area contributed by atoms with Gasteiger partial charge in [0.1, 0.15) is 5.75 Å². The minimum atomic E-state index is -0.469. The molecule has 2 bridgehead atoms. The van der Waals surface area contributed by atoms with Gasteiger partial charge in [0.25, 0.3) is 11.6 Å². The Balaban J connectivity index is 1.21. The summed E-state index contributed by atoms with van der Waals surface area (Å²) in [5.74, 6) is 2.09. The van der Waals surface area contributed by atoms with Gasteiger partial charge in [-0.2, -0.15) is 0 Å². The van der Waals surface area contributed by atoms with Gasteiger partial charge < -0.3 is 20.3 Å². The molecule has 1 saturated heterocycles. The number of likely N-dealkylation sites (tertiary alicyclic amines) is 1. The smallest absolute Gasteiger partial charge is 0.270 e. The summed E-state index contributed by atoms with van der Waals surface area (Å²) in [4.78, 5) is 43.4. The number of hydrogen-bond donors (Lipinski definition) is 2. The van der Waals surface area contributed by atoms with Gasteiger partial charge in [-0.1, -0.05) is 69.3 Å². The zero-order chi connectivity index (χ0) is 36.4. The van der Waals surface area contributed by atoms with Crippen LogP contribution in [0.1, 0.15) is 67.9 Å². The Bertz CT molecular complexity index is 1740. The third-order valence-electron chi connectivity index (χ3n) is 12.0. The van der Waals surface area contributed by atoms with Crippen molar-refractivity contribution < 1.29 is 19.2 Å². The summed E-state index contributed by atoms with van der Waals surface area (Å²) in [6.07, 6.45) is 4.67. The van der Waals surface area contributed by atoms with Crippen LogP contribution in [0.5, 0.6) is 5.75 Å². The highest BCUT2D eigenvalue weighted by atomic mass is 16.6. The van der Waals surface area contributed by atoms with Crippen LogP contribution in [-0.2, 0) is 17.8 Å². The Morgan fingerprint density at radius 2 is 1.84 bits per heavy atom. The van der Waals surface area contributed by atoms with Gasteiger partial charge in [0.15, 0.2) is 0 Å². The Morgan fingerprint density at radius 3 is 2.51 bits per heavy atom. The summed E-state index contributed by atoms with van der Waals surface area (Å²) in [7, 11) is 5.49. The fourth-order valence-corrected chi connectivity index (χ4v) is 9.10. The number of nitrogens with zero attached hydrogens (tertiary/aromatic N) is 3. The maximum Gasteiger partial charge on any atom is 0.270 e. The van der Waals surface area contributed by atoms with Gasteiger partial charge in [-0.3, -0.25) is 24.6 Å². The standard InChI is InChI=1S/C41H53N5O5/c1-26-35-22-31(41(35,2)3)23-36(26)43-40(48)37-16-11-17-45(37)24-28-14-10-15-34(38(28)51-6)29-19-30(21-33(20-29)46(49)50)39(47)42-32(25-44(4)5)18-27-12-8-7-9-13-27/h7-10,12-15,19-21,26,31-32,35-37H,11,16-18,22-25H2,1-6H3,(H,42,47)(H,43,48)/t26-,31+,32-,35-,36-,37+/m0/s1. The highest BCUT2D eigenvalue weighted by molar-refractivity contribution is 5.97. The first-order valence-corrected chi connectivity index (χ1v) is 18.3. The van der Waals surface area contributed by atoms with Gasteiger partial charge in [0.2, 0.25) is 5.91 Å². The number of ether oxygens (including phenoxy) is 1. The minimum absolute atomic E-state index is 0.104. The first-order valence-electron chi connectivity index (χ1n) is 18.3. The van der Waals surface area contributed by atoms with E-state index < -0.39 is 4.92 Å². The fraction of sp³-hybridized carbons (Fsp3) is 0.512. The van der Waals surface area contributed by atoms with Gasteiger partial charge in [0, 0.05) is 54.0 Å². The quantitative estimate of drug-likeness (QED) is 0.159. The van der Waals surface area contributed by atoms with Crippen LogP contribution in [0.25, 0.3) is 11.1 Å². The number of para-hydroxylation sites is 1. The molecule has 4 fully saturated rings. The lowest BCUT2D eigenvalue weighted by molar-refractivity contribution is -0.384. The lowest BCUT2D eigenvalue weighted by Crippen LogP contribution is -2.61. The summed E-state index contributed by atoms with van der Waals surface area (Å²) in [5.41, 5.74) is 3.54. The van der Waals surface area contributed by atoms with E-state index in [1.165, 1.54) is 18.6 Å². The van der Waals surface area contributed by atoms with E-state index in [-0.39, 0.29) is 41.2 Å². The summed E-state index contributed by atoms with van der Waals surface area (Å²) in [6, 6.07) is 20.0. The monoisotopic (exact) mass is 695 g/mol. The molecule has 3 aliphatic carbocycles. The number of nitrogens with one attached hydrogen (secondary N) is 2. The number of rotatable bonds is 13. The third-order valence-corrected chi connectivity index (χ3v) is 12.0.